The van der Waals surface area contributed by atoms with E-state index in [2.05, 4.69) is 16.6 Å². The van der Waals surface area contributed by atoms with Gasteiger partial charge >= 0.3 is 5.69 Å². The van der Waals surface area contributed by atoms with Gasteiger partial charge in [-0.3, -0.25) is 15.1 Å². The molecule has 1 saturated carbocycles. The molecule has 1 aromatic heterocycles. The zero-order valence-electron chi connectivity index (χ0n) is 8.97. The lowest BCUT2D eigenvalue weighted by Crippen LogP contribution is -2.18. The second-order valence-electron chi connectivity index (χ2n) is 3.89. The van der Waals surface area contributed by atoms with Crippen molar-refractivity contribution in [1.82, 2.24) is 4.98 Å². The third-order valence-corrected chi connectivity index (χ3v) is 4.26. The molecule has 6 heteroatoms. The Labute approximate surface area is 97.8 Å². The van der Waals surface area contributed by atoms with Crippen molar-refractivity contribution in [3.05, 3.63) is 28.6 Å². The summed E-state index contributed by atoms with van der Waals surface area (Å²) in [7, 11) is 0. The van der Waals surface area contributed by atoms with E-state index in [0.717, 1.165) is 6.54 Å². The molecular formula is C10H13N3O2S. The average molecular weight is 239 g/mol. The number of rotatable bonds is 5. The maximum absolute atomic E-state index is 10.8. The van der Waals surface area contributed by atoms with Crippen molar-refractivity contribution >= 4 is 23.1 Å². The van der Waals surface area contributed by atoms with Crippen molar-refractivity contribution in [3.8, 4) is 0 Å². The molecule has 0 unspecified atom stereocenters. The summed E-state index contributed by atoms with van der Waals surface area (Å²) in [5.41, 5.74) is 0.597. The van der Waals surface area contributed by atoms with Crippen LogP contribution in [0, 0.1) is 10.1 Å². The van der Waals surface area contributed by atoms with Gasteiger partial charge in [-0.25, -0.2) is 0 Å². The summed E-state index contributed by atoms with van der Waals surface area (Å²) in [4.78, 5) is 14.1. The molecule has 0 atom stereocenters. The van der Waals surface area contributed by atoms with Gasteiger partial charge < -0.3 is 5.32 Å². The predicted molar refractivity (Wildman–Crippen MR) is 64.9 cm³/mol. The van der Waals surface area contributed by atoms with Crippen molar-refractivity contribution in [2.75, 3.05) is 18.1 Å². The summed E-state index contributed by atoms with van der Waals surface area (Å²) >= 11 is 1.82. The number of nitro groups is 1. The van der Waals surface area contributed by atoms with Gasteiger partial charge in [-0.2, -0.15) is 11.8 Å². The number of nitrogens with one attached hydrogen (secondary N) is 1. The quantitative estimate of drug-likeness (QED) is 0.630. The molecule has 1 N–H and O–H groups in total. The number of anilines is 1. The lowest BCUT2D eigenvalue weighted by atomic mass is 10.3. The van der Waals surface area contributed by atoms with Crippen molar-refractivity contribution in [2.45, 2.75) is 17.6 Å². The van der Waals surface area contributed by atoms with E-state index >= 15 is 0 Å². The lowest BCUT2D eigenvalue weighted by Gasteiger charge is -2.13. The van der Waals surface area contributed by atoms with Gasteiger partial charge in [0.1, 0.15) is 11.9 Å². The Hall–Kier alpha value is -1.30. The first-order chi connectivity index (χ1) is 7.67. The molecule has 16 heavy (non-hydrogen) atoms. The Morgan fingerprint density at radius 1 is 1.69 bits per heavy atom. The van der Waals surface area contributed by atoms with Crippen molar-refractivity contribution in [3.63, 3.8) is 0 Å². The van der Waals surface area contributed by atoms with Crippen molar-refractivity contribution in [2.24, 2.45) is 0 Å². The Kier molecular flexibility index (Phi) is 3.00. The Morgan fingerprint density at radius 3 is 3.00 bits per heavy atom. The largest absolute Gasteiger partial charge is 0.378 e. The predicted octanol–water partition coefficient (Wildman–Crippen LogP) is 2.30. The van der Waals surface area contributed by atoms with E-state index in [0.29, 0.717) is 5.69 Å². The normalized spacial score (nSPS) is 16.8. The van der Waals surface area contributed by atoms with Gasteiger partial charge in [-0.05, 0) is 25.2 Å². The molecule has 1 aliphatic rings. The van der Waals surface area contributed by atoms with Crippen LogP contribution in [0.2, 0.25) is 0 Å². The number of nitrogens with zero attached hydrogens (tertiary/aromatic N) is 2. The topological polar surface area (TPSA) is 68.1 Å². The standard InChI is InChI=1S/C10H13N3O2S/c1-16-10(3-4-10)7-12-8-2-5-11-6-9(8)13(14)15/h2,5-6H,3-4,7H2,1H3,(H,11,12). The minimum atomic E-state index is -0.409. The third-order valence-electron chi connectivity index (χ3n) is 2.84. The highest BCUT2D eigenvalue weighted by molar-refractivity contribution is 8.00. The number of pyridine rings is 1. The minimum Gasteiger partial charge on any atom is -0.378 e. The maximum Gasteiger partial charge on any atom is 0.310 e. The summed E-state index contributed by atoms with van der Waals surface area (Å²) < 4.78 is 0.289. The lowest BCUT2D eigenvalue weighted by molar-refractivity contribution is -0.384. The highest BCUT2D eigenvalue weighted by Gasteiger charge is 2.41. The molecule has 0 bridgehead atoms. The molecule has 5 nitrogen and oxygen atoms in total. The van der Waals surface area contributed by atoms with E-state index in [1.165, 1.54) is 19.0 Å². The van der Waals surface area contributed by atoms with E-state index in [1.807, 2.05) is 11.8 Å². The smallest absolute Gasteiger partial charge is 0.310 e. The van der Waals surface area contributed by atoms with Gasteiger partial charge in [0.15, 0.2) is 0 Å². The second kappa shape index (κ2) is 4.29. The van der Waals surface area contributed by atoms with Gasteiger partial charge in [0.05, 0.1) is 4.92 Å². The number of hydrogen-bond donors (Lipinski definition) is 1. The highest BCUT2D eigenvalue weighted by Crippen LogP contribution is 2.47. The van der Waals surface area contributed by atoms with Crippen LogP contribution in [0.25, 0.3) is 0 Å². The summed E-state index contributed by atoms with van der Waals surface area (Å²) in [6.07, 6.45) is 7.28. The maximum atomic E-state index is 10.8. The summed E-state index contributed by atoms with van der Waals surface area (Å²) in [5, 5.41) is 13.9. The van der Waals surface area contributed by atoms with E-state index < -0.39 is 4.92 Å². The van der Waals surface area contributed by atoms with Crippen LogP contribution in [-0.4, -0.2) is 27.5 Å². The zero-order chi connectivity index (χ0) is 11.6. The monoisotopic (exact) mass is 239 g/mol. The Morgan fingerprint density at radius 2 is 2.44 bits per heavy atom. The second-order valence-corrected chi connectivity index (χ2v) is 5.16. The van der Waals surface area contributed by atoms with Gasteiger partial charge in [-0.15, -0.1) is 0 Å². The molecule has 0 saturated heterocycles. The first-order valence-corrected chi connectivity index (χ1v) is 6.27. The van der Waals surface area contributed by atoms with Gasteiger partial charge in [0.2, 0.25) is 0 Å². The SMILES string of the molecule is CSC1(CNc2ccncc2[N+](=O)[O-])CC1. The molecule has 0 amide bonds. The van der Waals surface area contributed by atoms with Crippen LogP contribution in [0.4, 0.5) is 11.4 Å². The number of aromatic nitrogens is 1. The molecule has 0 radical (unpaired) electrons. The summed E-state index contributed by atoms with van der Waals surface area (Å²) in [6, 6.07) is 1.65. The first-order valence-electron chi connectivity index (χ1n) is 5.04. The van der Waals surface area contributed by atoms with Crippen LogP contribution in [0.5, 0.6) is 0 Å². The molecule has 1 heterocycles. The highest BCUT2D eigenvalue weighted by atomic mass is 32.2. The van der Waals surface area contributed by atoms with Crippen LogP contribution in [0.1, 0.15) is 12.8 Å². The van der Waals surface area contributed by atoms with E-state index in [9.17, 15) is 10.1 Å². The van der Waals surface area contributed by atoms with Crippen LogP contribution in [0.3, 0.4) is 0 Å². The minimum absolute atomic E-state index is 0.0411. The summed E-state index contributed by atoms with van der Waals surface area (Å²) in [6.45, 7) is 0.777. The fraction of sp³-hybridized carbons (Fsp3) is 0.500. The van der Waals surface area contributed by atoms with E-state index in [1.54, 1.807) is 12.3 Å². The Bertz CT molecular complexity index is 407. The Balaban J connectivity index is 2.06. The molecule has 0 aliphatic heterocycles. The van der Waals surface area contributed by atoms with Crippen LogP contribution in [0.15, 0.2) is 18.5 Å². The fourth-order valence-electron chi connectivity index (χ4n) is 1.53. The number of hydrogen-bond acceptors (Lipinski definition) is 5. The molecular weight excluding hydrogens is 226 g/mol. The molecule has 0 spiro atoms. The molecule has 1 aliphatic carbocycles. The fourth-order valence-corrected chi connectivity index (χ4v) is 2.26. The van der Waals surface area contributed by atoms with Crippen LogP contribution >= 0.6 is 11.8 Å². The number of thioether (sulfide) groups is 1. The van der Waals surface area contributed by atoms with Crippen molar-refractivity contribution < 1.29 is 4.92 Å². The van der Waals surface area contributed by atoms with E-state index in [-0.39, 0.29) is 10.4 Å². The zero-order valence-corrected chi connectivity index (χ0v) is 9.79. The molecule has 1 aromatic rings. The van der Waals surface area contributed by atoms with E-state index in [4.69, 9.17) is 0 Å². The van der Waals surface area contributed by atoms with Gasteiger partial charge in [0, 0.05) is 17.5 Å². The average Bonchev–Trinajstić information content (AvgIpc) is 3.07. The van der Waals surface area contributed by atoms with Crippen molar-refractivity contribution in [1.29, 1.82) is 0 Å². The third kappa shape index (κ3) is 2.27. The molecule has 86 valence electrons. The van der Waals surface area contributed by atoms with Crippen LogP contribution < -0.4 is 5.32 Å². The molecule has 0 aromatic carbocycles. The van der Waals surface area contributed by atoms with Gasteiger partial charge in [0.25, 0.3) is 0 Å². The first kappa shape index (κ1) is 11.2. The molecule has 1 fully saturated rings. The van der Waals surface area contributed by atoms with Gasteiger partial charge in [-0.1, -0.05) is 0 Å². The molecule has 2 rings (SSSR count). The summed E-state index contributed by atoms with van der Waals surface area (Å²) in [5.74, 6) is 0. The van der Waals surface area contributed by atoms with Crippen LogP contribution in [-0.2, 0) is 0 Å².